The third kappa shape index (κ3) is 2.49. The van der Waals surface area contributed by atoms with Crippen LogP contribution in [0.4, 0.5) is 0 Å². The Hall–Kier alpha value is -1.69. The molecule has 0 saturated heterocycles. The molecule has 23 heavy (non-hydrogen) atoms. The van der Waals surface area contributed by atoms with Crippen LogP contribution < -0.4 is 11.5 Å². The van der Waals surface area contributed by atoms with Crippen LogP contribution in [-0.4, -0.2) is 26.8 Å². The van der Waals surface area contributed by atoms with E-state index in [1.165, 1.54) is 0 Å². The number of hydrogen-bond donors (Lipinski definition) is 2. The molecule has 0 aromatic heterocycles. The Bertz CT molecular complexity index is 782. The molecule has 1 aliphatic carbocycles. The average molecular weight is 330 g/mol. The third-order valence-corrected chi connectivity index (χ3v) is 7.32. The van der Waals surface area contributed by atoms with E-state index in [0.29, 0.717) is 4.90 Å². The second kappa shape index (κ2) is 5.74. The van der Waals surface area contributed by atoms with Crippen molar-refractivity contribution in [3.05, 3.63) is 65.7 Å². The van der Waals surface area contributed by atoms with Crippen molar-refractivity contribution in [1.82, 2.24) is 0 Å². The first kappa shape index (κ1) is 16.2. The highest BCUT2D eigenvalue weighted by Crippen LogP contribution is 2.62. The highest BCUT2D eigenvalue weighted by molar-refractivity contribution is 7.92. The summed E-state index contributed by atoms with van der Waals surface area (Å²) in [5, 5.41) is -0.560. The second-order valence-electron chi connectivity index (χ2n) is 6.31. The monoisotopic (exact) mass is 330 g/mol. The van der Waals surface area contributed by atoms with Gasteiger partial charge in [-0.3, -0.25) is 0 Å². The third-order valence-electron chi connectivity index (χ3n) is 4.98. The number of benzene rings is 2. The Balaban J connectivity index is 2.05. The Morgan fingerprint density at radius 1 is 0.957 bits per heavy atom. The van der Waals surface area contributed by atoms with Crippen LogP contribution in [0, 0.1) is 12.3 Å². The molecule has 1 aliphatic rings. The fraction of sp³-hybridized carbons (Fsp3) is 0.333. The minimum atomic E-state index is -3.47. The fourth-order valence-electron chi connectivity index (χ4n) is 3.55. The van der Waals surface area contributed by atoms with E-state index in [4.69, 9.17) is 11.5 Å². The predicted molar refractivity (Wildman–Crippen MR) is 91.9 cm³/mol. The SMILES string of the molecule is Cc1ccc(C2C(S(=O)(=O)c3ccccc3)C2(CN)CN)cc1. The van der Waals surface area contributed by atoms with Crippen LogP contribution >= 0.6 is 0 Å². The second-order valence-corrected chi connectivity index (χ2v) is 8.38. The summed E-state index contributed by atoms with van der Waals surface area (Å²) in [5.41, 5.74) is 13.5. The van der Waals surface area contributed by atoms with Gasteiger partial charge in [0.2, 0.25) is 0 Å². The Morgan fingerprint density at radius 2 is 1.52 bits per heavy atom. The van der Waals surface area contributed by atoms with Crippen LogP contribution in [0.1, 0.15) is 17.0 Å². The molecule has 4 nitrogen and oxygen atoms in total. The van der Waals surface area contributed by atoms with Crippen LogP contribution in [0.25, 0.3) is 0 Å². The molecule has 0 radical (unpaired) electrons. The first-order valence-corrected chi connectivity index (χ1v) is 9.27. The van der Waals surface area contributed by atoms with Crippen molar-refractivity contribution >= 4 is 9.84 Å². The predicted octanol–water partition coefficient (Wildman–Crippen LogP) is 1.84. The van der Waals surface area contributed by atoms with Gasteiger partial charge in [-0.15, -0.1) is 0 Å². The van der Waals surface area contributed by atoms with Gasteiger partial charge in [0, 0.05) is 24.4 Å². The Morgan fingerprint density at radius 3 is 2.04 bits per heavy atom. The van der Waals surface area contributed by atoms with E-state index < -0.39 is 20.5 Å². The number of rotatable bonds is 5. The molecular weight excluding hydrogens is 308 g/mol. The van der Waals surface area contributed by atoms with Crippen LogP contribution in [0.5, 0.6) is 0 Å². The van der Waals surface area contributed by atoms with Crippen LogP contribution in [0.3, 0.4) is 0 Å². The maximum absolute atomic E-state index is 13.1. The summed E-state index contributed by atoms with van der Waals surface area (Å²) in [6.45, 7) is 2.53. The lowest BCUT2D eigenvalue weighted by molar-refractivity contribution is 0.510. The number of nitrogens with two attached hydrogens (primary N) is 2. The summed E-state index contributed by atoms with van der Waals surface area (Å²) >= 11 is 0. The summed E-state index contributed by atoms with van der Waals surface area (Å²) in [6.07, 6.45) is 0. The van der Waals surface area contributed by atoms with Gasteiger partial charge in [-0.05, 0) is 24.6 Å². The number of aryl methyl sites for hydroxylation is 1. The molecule has 4 N–H and O–H groups in total. The van der Waals surface area contributed by atoms with Gasteiger partial charge in [-0.2, -0.15) is 0 Å². The zero-order chi connectivity index (χ0) is 16.7. The Kier molecular flexibility index (Phi) is 4.04. The van der Waals surface area contributed by atoms with E-state index in [1.807, 2.05) is 37.3 Å². The van der Waals surface area contributed by atoms with Crippen LogP contribution in [-0.2, 0) is 9.84 Å². The van der Waals surface area contributed by atoms with Gasteiger partial charge >= 0.3 is 0 Å². The quantitative estimate of drug-likeness (QED) is 0.876. The zero-order valence-corrected chi connectivity index (χ0v) is 14.0. The van der Waals surface area contributed by atoms with E-state index in [9.17, 15) is 8.42 Å². The van der Waals surface area contributed by atoms with E-state index in [0.717, 1.165) is 11.1 Å². The maximum Gasteiger partial charge on any atom is 0.182 e. The highest BCUT2D eigenvalue weighted by Gasteiger charge is 2.69. The molecule has 3 rings (SSSR count). The van der Waals surface area contributed by atoms with Crippen LogP contribution in [0.15, 0.2) is 59.5 Å². The smallest absolute Gasteiger partial charge is 0.182 e. The van der Waals surface area contributed by atoms with Gasteiger partial charge in [0.15, 0.2) is 9.84 Å². The molecule has 2 unspecified atom stereocenters. The number of sulfone groups is 1. The van der Waals surface area contributed by atoms with E-state index >= 15 is 0 Å². The van der Waals surface area contributed by atoms with Gasteiger partial charge in [0.25, 0.3) is 0 Å². The van der Waals surface area contributed by atoms with Gasteiger partial charge in [-0.1, -0.05) is 48.0 Å². The lowest BCUT2D eigenvalue weighted by atomic mass is 9.99. The molecule has 0 spiro atoms. The molecule has 0 bridgehead atoms. The minimum Gasteiger partial charge on any atom is -0.330 e. The molecule has 1 saturated carbocycles. The zero-order valence-electron chi connectivity index (χ0n) is 13.1. The van der Waals surface area contributed by atoms with Crippen molar-refractivity contribution in [2.45, 2.75) is 23.0 Å². The first-order valence-electron chi connectivity index (χ1n) is 7.73. The average Bonchev–Trinajstić information content (AvgIpc) is 3.27. The molecule has 0 amide bonds. The summed E-state index contributed by atoms with van der Waals surface area (Å²) in [4.78, 5) is 0.339. The minimum absolute atomic E-state index is 0.150. The molecule has 2 atom stereocenters. The molecule has 1 fully saturated rings. The summed E-state index contributed by atoms with van der Waals surface area (Å²) in [7, 11) is -3.47. The fourth-order valence-corrected chi connectivity index (χ4v) is 6.04. The van der Waals surface area contributed by atoms with Crippen molar-refractivity contribution in [1.29, 1.82) is 0 Å². The van der Waals surface area contributed by atoms with Crippen molar-refractivity contribution in [3.63, 3.8) is 0 Å². The highest BCUT2D eigenvalue weighted by atomic mass is 32.2. The van der Waals surface area contributed by atoms with Crippen LogP contribution in [0.2, 0.25) is 0 Å². The van der Waals surface area contributed by atoms with Crippen molar-refractivity contribution in [2.75, 3.05) is 13.1 Å². The largest absolute Gasteiger partial charge is 0.330 e. The molecule has 0 heterocycles. The Labute approximate surface area is 137 Å². The standard InChI is InChI=1S/C18H22N2O2S/c1-13-7-9-14(10-8-13)16-17(18(16,11-19)12-20)23(21,22)15-5-3-2-4-6-15/h2-10,16-17H,11-12,19-20H2,1H3. The normalized spacial score (nSPS) is 22.7. The van der Waals surface area contributed by atoms with Gasteiger partial charge in [-0.25, -0.2) is 8.42 Å². The van der Waals surface area contributed by atoms with Gasteiger partial charge in [0.05, 0.1) is 10.1 Å². The van der Waals surface area contributed by atoms with E-state index in [-0.39, 0.29) is 19.0 Å². The maximum atomic E-state index is 13.1. The first-order chi connectivity index (χ1) is 11.0. The summed E-state index contributed by atoms with van der Waals surface area (Å²) in [6, 6.07) is 16.5. The molecule has 5 heteroatoms. The molecule has 122 valence electrons. The summed E-state index contributed by atoms with van der Waals surface area (Å²) < 4.78 is 26.1. The summed E-state index contributed by atoms with van der Waals surface area (Å²) in [5.74, 6) is -0.150. The molecule has 2 aromatic carbocycles. The molecule has 2 aromatic rings. The van der Waals surface area contributed by atoms with Crippen molar-refractivity contribution < 1.29 is 8.42 Å². The van der Waals surface area contributed by atoms with E-state index in [2.05, 4.69) is 0 Å². The number of hydrogen-bond acceptors (Lipinski definition) is 4. The van der Waals surface area contributed by atoms with Crippen molar-refractivity contribution in [2.24, 2.45) is 16.9 Å². The molecular formula is C18H22N2O2S. The lowest BCUT2D eigenvalue weighted by Crippen LogP contribution is -2.31. The van der Waals surface area contributed by atoms with Gasteiger partial charge in [0.1, 0.15) is 0 Å². The molecule has 0 aliphatic heterocycles. The lowest BCUT2D eigenvalue weighted by Gasteiger charge is -2.13. The van der Waals surface area contributed by atoms with Gasteiger partial charge < -0.3 is 11.5 Å². The van der Waals surface area contributed by atoms with E-state index in [1.54, 1.807) is 24.3 Å². The van der Waals surface area contributed by atoms with Crippen molar-refractivity contribution in [3.8, 4) is 0 Å². The topological polar surface area (TPSA) is 86.2 Å².